The van der Waals surface area contributed by atoms with Gasteiger partial charge in [-0.1, -0.05) is 53.6 Å². The summed E-state index contributed by atoms with van der Waals surface area (Å²) in [7, 11) is -4.21. The molecule has 1 atom stereocenters. The van der Waals surface area contributed by atoms with Gasteiger partial charge >= 0.3 is 5.97 Å². The smallest absolute Gasteiger partial charge is 0.306 e. The minimum atomic E-state index is -4.21. The Morgan fingerprint density at radius 3 is 2.55 bits per heavy atom. The minimum Gasteiger partial charge on any atom is -0.461 e. The van der Waals surface area contributed by atoms with Crippen molar-refractivity contribution >= 4 is 39.2 Å². The lowest BCUT2D eigenvalue weighted by molar-refractivity contribution is -0.146. The Labute approximate surface area is 198 Å². The van der Waals surface area contributed by atoms with Crippen molar-refractivity contribution in [3.8, 4) is 0 Å². The lowest BCUT2D eigenvalue weighted by Gasteiger charge is -2.30. The van der Waals surface area contributed by atoms with E-state index in [0.29, 0.717) is 22.7 Å². The van der Waals surface area contributed by atoms with Crippen LogP contribution in [0.5, 0.6) is 0 Å². The number of hydrogen-bond acceptors (Lipinski definition) is 5. The third kappa shape index (κ3) is 6.21. The van der Waals surface area contributed by atoms with E-state index in [0.717, 1.165) is 30.2 Å². The third-order valence-corrected chi connectivity index (χ3v) is 7.94. The van der Waals surface area contributed by atoms with Crippen molar-refractivity contribution in [3.63, 3.8) is 0 Å². The molecule has 0 saturated carbocycles. The Bertz CT molecular complexity index is 1150. The molecule has 9 heteroatoms. The second kappa shape index (κ2) is 10.9. The van der Waals surface area contributed by atoms with Crippen molar-refractivity contribution in [2.24, 2.45) is 0 Å². The van der Waals surface area contributed by atoms with Gasteiger partial charge in [-0.05, 0) is 49.9 Å². The topological polar surface area (TPSA) is 80.8 Å². The molecule has 0 spiro atoms. The second-order valence-corrected chi connectivity index (χ2v) is 10.2. The van der Waals surface area contributed by atoms with E-state index in [1.54, 1.807) is 19.1 Å². The van der Waals surface area contributed by atoms with E-state index < -0.39 is 39.4 Å². The Balaban J connectivity index is 1.80. The maximum absolute atomic E-state index is 13.6. The van der Waals surface area contributed by atoms with Crippen LogP contribution >= 0.6 is 11.6 Å². The van der Waals surface area contributed by atoms with Crippen molar-refractivity contribution in [3.05, 3.63) is 76.6 Å². The Hall–Kier alpha value is -2.71. The van der Waals surface area contributed by atoms with E-state index >= 15 is 0 Å². The highest BCUT2D eigenvalue weighted by molar-refractivity contribution is 7.94. The maximum Gasteiger partial charge on any atom is 0.306 e. The molecule has 33 heavy (non-hydrogen) atoms. The highest BCUT2D eigenvalue weighted by Crippen LogP contribution is 2.34. The molecule has 1 aliphatic rings. The van der Waals surface area contributed by atoms with E-state index in [1.807, 2.05) is 24.3 Å². The molecular formula is C24H25ClFNO5S. The number of benzene rings is 2. The summed E-state index contributed by atoms with van der Waals surface area (Å²) in [6.45, 7) is 1.75. The number of amides is 1. The van der Waals surface area contributed by atoms with Crippen LogP contribution in [-0.2, 0) is 31.0 Å². The molecule has 6 nitrogen and oxygen atoms in total. The summed E-state index contributed by atoms with van der Waals surface area (Å²) in [5, 5.41) is -1.11. The lowest BCUT2D eigenvalue weighted by Crippen LogP contribution is -2.44. The predicted octanol–water partition coefficient (Wildman–Crippen LogP) is 5.16. The van der Waals surface area contributed by atoms with E-state index in [2.05, 4.69) is 0 Å². The molecule has 0 N–H and O–H groups in total. The fourth-order valence-corrected chi connectivity index (χ4v) is 6.08. The van der Waals surface area contributed by atoms with Crippen LogP contribution in [0.25, 0.3) is 0 Å². The van der Waals surface area contributed by atoms with Crippen LogP contribution in [0.4, 0.5) is 10.1 Å². The molecule has 0 saturated heterocycles. The first-order valence-corrected chi connectivity index (χ1v) is 12.5. The number of sulfonamides is 1. The number of carbonyl (C=O) groups is 2. The number of allylic oxidation sites excluding steroid dienone is 1. The summed E-state index contributed by atoms with van der Waals surface area (Å²) in [4.78, 5) is 25.3. The fraction of sp³-hybridized carbons (Fsp3) is 0.333. The summed E-state index contributed by atoms with van der Waals surface area (Å²) in [6.07, 6.45) is 2.89. The van der Waals surface area contributed by atoms with Gasteiger partial charge in [0.2, 0.25) is 15.9 Å². The Kier molecular flexibility index (Phi) is 8.26. The van der Waals surface area contributed by atoms with Gasteiger partial charge < -0.3 is 4.74 Å². The molecule has 1 aliphatic carbocycles. The number of nitrogens with zero attached hydrogens (tertiary/aromatic N) is 1. The Morgan fingerprint density at radius 2 is 1.88 bits per heavy atom. The highest BCUT2D eigenvalue weighted by atomic mass is 35.5. The quantitative estimate of drug-likeness (QED) is 0.374. The van der Waals surface area contributed by atoms with E-state index in [1.165, 1.54) is 0 Å². The van der Waals surface area contributed by atoms with Gasteiger partial charge in [0.1, 0.15) is 17.7 Å². The van der Waals surface area contributed by atoms with Gasteiger partial charge in [0.25, 0.3) is 0 Å². The molecule has 176 valence electrons. The first-order valence-electron chi connectivity index (χ1n) is 10.6. The molecule has 0 bridgehead atoms. The van der Waals surface area contributed by atoms with Crippen LogP contribution in [0.2, 0.25) is 5.02 Å². The zero-order valence-corrected chi connectivity index (χ0v) is 19.7. The second-order valence-electron chi connectivity index (χ2n) is 7.81. The van der Waals surface area contributed by atoms with Crippen molar-refractivity contribution in [1.29, 1.82) is 0 Å². The highest BCUT2D eigenvalue weighted by Gasteiger charge is 2.39. The first-order chi connectivity index (χ1) is 15.7. The van der Waals surface area contributed by atoms with Crippen LogP contribution in [0, 0.1) is 5.82 Å². The number of ether oxygens (including phenoxy) is 1. The number of esters is 1. The lowest BCUT2D eigenvalue weighted by atomic mass is 10.0. The van der Waals surface area contributed by atoms with Crippen molar-refractivity contribution < 1.29 is 27.1 Å². The zero-order valence-electron chi connectivity index (χ0n) is 18.2. The van der Waals surface area contributed by atoms with Gasteiger partial charge in [-0.2, -0.15) is 0 Å². The molecule has 2 aromatic rings. The maximum atomic E-state index is 13.6. The first kappa shape index (κ1) is 24.9. The number of halogens is 2. The van der Waals surface area contributed by atoms with Crippen molar-refractivity contribution in [1.82, 2.24) is 0 Å². The average molecular weight is 494 g/mol. The molecule has 0 fully saturated rings. The van der Waals surface area contributed by atoms with Gasteiger partial charge in [-0.15, -0.1) is 0 Å². The van der Waals surface area contributed by atoms with Gasteiger partial charge in [0.05, 0.1) is 17.1 Å². The van der Waals surface area contributed by atoms with Crippen molar-refractivity contribution in [2.45, 2.75) is 50.9 Å². The van der Waals surface area contributed by atoms with Gasteiger partial charge in [0.15, 0.2) is 0 Å². The normalized spacial score (nSPS) is 16.1. The fourth-order valence-electron chi connectivity index (χ4n) is 3.68. The summed E-state index contributed by atoms with van der Waals surface area (Å²) in [6, 6.07) is 12.2. The zero-order chi connectivity index (χ0) is 24.0. The van der Waals surface area contributed by atoms with Crippen LogP contribution in [0.1, 0.15) is 44.6 Å². The van der Waals surface area contributed by atoms with Crippen LogP contribution in [-0.4, -0.2) is 25.5 Å². The van der Waals surface area contributed by atoms with Crippen LogP contribution in [0.15, 0.2) is 60.2 Å². The molecule has 0 heterocycles. The van der Waals surface area contributed by atoms with Crippen molar-refractivity contribution in [2.75, 3.05) is 4.31 Å². The SMILES string of the molecule is CC1=CCCCC1S(=O)(=O)N(C(=O)CCC(=O)OCc1ccccc1)c1ccc(F)cc1Cl. The molecule has 1 unspecified atom stereocenters. The average Bonchev–Trinajstić information content (AvgIpc) is 2.78. The predicted molar refractivity (Wildman–Crippen MR) is 125 cm³/mol. The van der Waals surface area contributed by atoms with Gasteiger partial charge in [0, 0.05) is 6.42 Å². The van der Waals surface area contributed by atoms with E-state index in [4.69, 9.17) is 16.3 Å². The Morgan fingerprint density at radius 1 is 1.15 bits per heavy atom. The molecule has 0 aliphatic heterocycles. The number of anilines is 1. The molecule has 3 rings (SSSR count). The molecule has 2 aromatic carbocycles. The standard InChI is InChI=1S/C24H25ClFNO5S/c1-17-7-5-6-10-22(17)33(30,31)27(21-12-11-19(26)15-20(21)25)23(28)13-14-24(29)32-16-18-8-3-2-4-9-18/h2-4,7-9,11-12,15,22H,5-6,10,13-14,16H2,1H3. The van der Waals surface area contributed by atoms with E-state index in [9.17, 15) is 22.4 Å². The molecule has 0 aromatic heterocycles. The van der Waals surface area contributed by atoms with Gasteiger partial charge in [-0.3, -0.25) is 9.59 Å². The number of hydrogen-bond donors (Lipinski definition) is 0. The summed E-state index contributed by atoms with van der Waals surface area (Å²) in [5.41, 5.74) is 1.29. The summed E-state index contributed by atoms with van der Waals surface area (Å²) >= 11 is 6.13. The number of carbonyl (C=O) groups excluding carboxylic acids is 2. The van der Waals surface area contributed by atoms with E-state index in [-0.39, 0.29) is 23.7 Å². The summed E-state index contributed by atoms with van der Waals surface area (Å²) in [5.74, 6) is -2.13. The van der Waals surface area contributed by atoms with Gasteiger partial charge in [-0.25, -0.2) is 17.1 Å². The van der Waals surface area contributed by atoms with Crippen LogP contribution < -0.4 is 4.31 Å². The van der Waals surface area contributed by atoms with Crippen LogP contribution in [0.3, 0.4) is 0 Å². The molecule has 1 amide bonds. The summed E-state index contributed by atoms with van der Waals surface area (Å²) < 4.78 is 46.4. The third-order valence-electron chi connectivity index (χ3n) is 5.40. The minimum absolute atomic E-state index is 0.0474. The molecule has 0 radical (unpaired) electrons. The monoisotopic (exact) mass is 493 g/mol. The largest absolute Gasteiger partial charge is 0.461 e. The number of rotatable bonds is 8. The molecular weight excluding hydrogens is 469 g/mol.